The van der Waals surface area contributed by atoms with Gasteiger partial charge in [-0.1, -0.05) is 0 Å². The summed E-state index contributed by atoms with van der Waals surface area (Å²) >= 11 is 1.17. The summed E-state index contributed by atoms with van der Waals surface area (Å²) in [4.78, 5) is 18.1. The number of sulfonamides is 1. The number of thiazole rings is 1. The molecule has 0 unspecified atom stereocenters. The van der Waals surface area contributed by atoms with Crippen molar-refractivity contribution < 1.29 is 23.4 Å². The molecule has 158 valence electrons. The van der Waals surface area contributed by atoms with Gasteiger partial charge in [0.2, 0.25) is 5.91 Å². The van der Waals surface area contributed by atoms with E-state index in [1.165, 1.54) is 34.6 Å². The van der Waals surface area contributed by atoms with E-state index in [1.54, 1.807) is 11.4 Å². The average Bonchev–Trinajstić information content (AvgIpc) is 3.37. The normalized spacial score (nSPS) is 13.2. The third-order valence-corrected chi connectivity index (χ3v) is 6.72. The van der Waals surface area contributed by atoms with Gasteiger partial charge in [-0.15, -0.1) is 11.3 Å². The molecule has 0 bridgehead atoms. The van der Waals surface area contributed by atoms with Gasteiger partial charge in [-0.2, -0.15) is 0 Å². The van der Waals surface area contributed by atoms with Crippen LogP contribution in [0.5, 0.6) is 0 Å². The van der Waals surface area contributed by atoms with E-state index in [-0.39, 0.29) is 29.6 Å². The van der Waals surface area contributed by atoms with Gasteiger partial charge in [0.05, 0.1) is 17.1 Å². The van der Waals surface area contributed by atoms with E-state index in [2.05, 4.69) is 15.0 Å². The molecule has 0 saturated heterocycles. The van der Waals surface area contributed by atoms with E-state index in [1.807, 2.05) is 0 Å². The molecule has 0 fully saturated rings. The maximum Gasteiger partial charge on any atom is 0.263 e. The third-order valence-electron chi connectivity index (χ3n) is 4.57. The maximum absolute atomic E-state index is 13.7. The fraction of sp³-hybridized carbons (Fsp3) is 0.158. The van der Waals surface area contributed by atoms with Crippen molar-refractivity contribution in [1.29, 1.82) is 0 Å². The Kier molecular flexibility index (Phi) is 5.39. The number of nitrogens with zero attached hydrogens (tertiary/aromatic N) is 2. The quantitative estimate of drug-likeness (QED) is 0.598. The van der Waals surface area contributed by atoms with Crippen LogP contribution in [0.1, 0.15) is 6.99 Å². The van der Waals surface area contributed by atoms with Crippen LogP contribution >= 0.6 is 11.3 Å². The molecule has 1 aliphatic rings. The highest BCUT2D eigenvalue weighted by molar-refractivity contribution is 7.93. The summed E-state index contributed by atoms with van der Waals surface area (Å²) < 4.78 is 54.4. The highest BCUT2D eigenvalue weighted by Gasteiger charge is 2.27. The van der Waals surface area contributed by atoms with Crippen molar-refractivity contribution >= 4 is 43.8 Å². The minimum Gasteiger partial charge on any atom is -0.374 e. The Labute approximate surface area is 176 Å². The van der Waals surface area contributed by atoms with Crippen LogP contribution in [0.3, 0.4) is 0 Å². The minimum atomic E-state index is -3.79. The number of nitrogens with one attached hydrogen (secondary N) is 2. The average molecular weight is 453 g/mol. The molecule has 3 aromatic rings. The zero-order valence-electron chi connectivity index (χ0n) is 15.4. The van der Waals surface area contributed by atoms with Crippen LogP contribution in [0.25, 0.3) is 0 Å². The van der Waals surface area contributed by atoms with Gasteiger partial charge >= 0.3 is 0 Å². The van der Waals surface area contributed by atoms with Crippen LogP contribution in [0.2, 0.25) is 0 Å². The van der Waals surface area contributed by atoms with E-state index < -0.39 is 21.7 Å². The van der Waals surface area contributed by atoms with Gasteiger partial charge in [0.15, 0.2) is 5.13 Å². The van der Waals surface area contributed by atoms with Crippen LogP contribution < -0.4 is 14.9 Å². The monoisotopic (exact) mass is 452 g/mol. The minimum absolute atomic E-state index is 0. The summed E-state index contributed by atoms with van der Waals surface area (Å²) in [7, 11) is -3.79. The Hall–Kier alpha value is -3.05. The molecule has 30 heavy (non-hydrogen) atoms. The van der Waals surface area contributed by atoms with Crippen molar-refractivity contribution in [3.63, 3.8) is 0 Å². The summed E-state index contributed by atoms with van der Waals surface area (Å²) in [6.07, 6.45) is 1.98. The lowest BCUT2D eigenvalue weighted by Crippen LogP contribution is -2.34. The molecule has 0 aliphatic carbocycles. The van der Waals surface area contributed by atoms with Crippen molar-refractivity contribution in [2.24, 2.45) is 0 Å². The van der Waals surface area contributed by atoms with Crippen molar-refractivity contribution in [1.82, 2.24) is 4.98 Å². The summed E-state index contributed by atoms with van der Waals surface area (Å²) in [6, 6.07) is 7.47. The van der Waals surface area contributed by atoms with Crippen molar-refractivity contribution in [3.05, 3.63) is 65.2 Å². The van der Waals surface area contributed by atoms with Gasteiger partial charge < -0.3 is 10.2 Å². The predicted molar refractivity (Wildman–Crippen MR) is 112 cm³/mol. The standard InChI is InChI=1S/C19H16F2N4O3S2.H2/c20-13-1-3-15(21)16(10-13)23-11-18(26)25-7-5-12-9-14(2-4-17(12)25)30(27,28)24-19-22-6-8-29-19;/h1-4,6,8-10,23H,5,7,11H2,(H,22,24);1H. The number of amides is 1. The van der Waals surface area contributed by atoms with E-state index in [0.717, 1.165) is 18.2 Å². The topological polar surface area (TPSA) is 91.4 Å². The van der Waals surface area contributed by atoms with Crippen LogP contribution in [-0.4, -0.2) is 32.4 Å². The largest absolute Gasteiger partial charge is 0.374 e. The number of benzene rings is 2. The lowest BCUT2D eigenvalue weighted by Gasteiger charge is -2.18. The van der Waals surface area contributed by atoms with Crippen LogP contribution in [0, 0.1) is 11.6 Å². The number of carbonyl (C=O) groups is 1. The van der Waals surface area contributed by atoms with Crippen LogP contribution in [0.15, 0.2) is 52.9 Å². The zero-order valence-corrected chi connectivity index (χ0v) is 17.1. The molecule has 2 heterocycles. The number of anilines is 3. The van der Waals surface area contributed by atoms with Gasteiger partial charge in [0, 0.05) is 25.2 Å². The second-order valence-corrected chi connectivity index (χ2v) is 9.08. The number of hydrogen-bond donors (Lipinski definition) is 2. The fourth-order valence-electron chi connectivity index (χ4n) is 3.15. The summed E-state index contributed by atoms with van der Waals surface area (Å²) in [5.74, 6) is -1.61. The van der Waals surface area contributed by atoms with Gasteiger partial charge in [0.25, 0.3) is 10.0 Å². The fourth-order valence-corrected chi connectivity index (χ4v) is 4.99. The van der Waals surface area contributed by atoms with Gasteiger partial charge in [-0.3, -0.25) is 9.52 Å². The molecule has 2 N–H and O–H groups in total. The molecule has 0 atom stereocenters. The maximum atomic E-state index is 13.7. The Morgan fingerprint density at radius 1 is 1.23 bits per heavy atom. The van der Waals surface area contributed by atoms with Crippen molar-refractivity contribution in [3.8, 4) is 0 Å². The number of carbonyl (C=O) groups excluding carboxylic acids is 1. The number of rotatable bonds is 6. The summed E-state index contributed by atoms with van der Waals surface area (Å²) in [6.45, 7) is 0.135. The number of hydrogen-bond acceptors (Lipinski definition) is 6. The molecular weight excluding hydrogens is 434 g/mol. The first kappa shape index (κ1) is 20.2. The van der Waals surface area contributed by atoms with Gasteiger partial charge in [0.1, 0.15) is 11.6 Å². The lowest BCUT2D eigenvalue weighted by molar-refractivity contribution is -0.116. The molecule has 4 rings (SSSR count). The Balaban J connectivity index is 0.00000272. The number of fused-ring (bicyclic) bond motifs is 1. The summed E-state index contributed by atoms with van der Waals surface area (Å²) in [5, 5.41) is 4.53. The zero-order chi connectivity index (χ0) is 21.3. The molecule has 0 spiro atoms. The Morgan fingerprint density at radius 2 is 2.07 bits per heavy atom. The van der Waals surface area contributed by atoms with E-state index in [4.69, 9.17) is 0 Å². The van der Waals surface area contributed by atoms with E-state index >= 15 is 0 Å². The highest BCUT2D eigenvalue weighted by atomic mass is 32.2. The number of halogens is 2. The third kappa shape index (κ3) is 4.12. The molecule has 0 radical (unpaired) electrons. The first-order valence-electron chi connectivity index (χ1n) is 8.88. The van der Waals surface area contributed by atoms with Gasteiger partial charge in [-0.25, -0.2) is 22.2 Å². The predicted octanol–water partition coefficient (Wildman–Crippen LogP) is 3.47. The Morgan fingerprint density at radius 3 is 2.83 bits per heavy atom. The molecule has 1 aliphatic heterocycles. The molecule has 11 heteroatoms. The smallest absolute Gasteiger partial charge is 0.263 e. The molecule has 0 saturated carbocycles. The molecular formula is C19H18F2N4O3S2. The molecule has 1 aromatic heterocycles. The van der Waals surface area contributed by atoms with Gasteiger partial charge in [-0.05, 0) is 48.4 Å². The van der Waals surface area contributed by atoms with Crippen molar-refractivity contribution in [2.75, 3.05) is 28.0 Å². The SMILES string of the molecule is O=C(CNc1cc(F)ccc1F)N1CCc2cc(S(=O)(=O)Nc3nccs3)ccc21.[HH]. The number of aromatic nitrogens is 1. The first-order chi connectivity index (χ1) is 14.3. The lowest BCUT2D eigenvalue weighted by atomic mass is 10.2. The molecule has 7 nitrogen and oxygen atoms in total. The summed E-state index contributed by atoms with van der Waals surface area (Å²) in [5.41, 5.74) is 1.20. The molecule has 1 amide bonds. The highest BCUT2D eigenvalue weighted by Crippen LogP contribution is 2.31. The Bertz CT molecular complexity index is 1210. The van der Waals surface area contributed by atoms with Crippen molar-refractivity contribution in [2.45, 2.75) is 11.3 Å². The van der Waals surface area contributed by atoms with Crippen LogP contribution in [0.4, 0.5) is 25.3 Å². The van der Waals surface area contributed by atoms with Crippen LogP contribution in [-0.2, 0) is 21.2 Å². The second kappa shape index (κ2) is 8.00. The van der Waals surface area contributed by atoms with E-state index in [0.29, 0.717) is 24.2 Å². The molecule has 2 aromatic carbocycles. The van der Waals surface area contributed by atoms with E-state index in [9.17, 15) is 22.0 Å². The second-order valence-electron chi connectivity index (χ2n) is 6.51. The first-order valence-corrected chi connectivity index (χ1v) is 11.2.